The van der Waals surface area contributed by atoms with Crippen molar-refractivity contribution in [3.63, 3.8) is 0 Å². The van der Waals surface area contributed by atoms with Gasteiger partial charge >= 0.3 is 0 Å². The molecule has 0 aliphatic heterocycles. The van der Waals surface area contributed by atoms with Crippen LogP contribution in [0.2, 0.25) is 0 Å². The van der Waals surface area contributed by atoms with Crippen LogP contribution in [0.5, 0.6) is 0 Å². The molecule has 0 amide bonds. The lowest BCUT2D eigenvalue weighted by Crippen LogP contribution is -1.80. The van der Waals surface area contributed by atoms with Gasteiger partial charge in [0, 0.05) is 0 Å². The van der Waals surface area contributed by atoms with Gasteiger partial charge in [-0.3, -0.25) is 0 Å². The Bertz CT molecular complexity index is 570. The van der Waals surface area contributed by atoms with Gasteiger partial charge in [0.15, 0.2) is 0 Å². The average Bonchev–Trinajstić information content (AvgIpc) is 2.49. The predicted octanol–water partition coefficient (Wildman–Crippen LogP) is 6.93. The van der Waals surface area contributed by atoms with Crippen molar-refractivity contribution in [1.82, 2.24) is 0 Å². The first kappa shape index (κ1) is 18.7. The van der Waals surface area contributed by atoms with Gasteiger partial charge in [0.1, 0.15) is 0 Å². The lowest BCUT2D eigenvalue weighted by atomic mass is 9.99. The Kier molecular flexibility index (Phi) is 7.78. The number of hydrogen-bond acceptors (Lipinski definition) is 0. The number of hydrogen-bond donors (Lipinski definition) is 0. The molecule has 0 aromatic heterocycles. The van der Waals surface area contributed by atoms with E-state index in [-0.39, 0.29) is 22.3 Å². The molecular weight excluding hydrogens is 252 g/mol. The van der Waals surface area contributed by atoms with Crippen LogP contribution in [-0.4, -0.2) is 0 Å². The molecule has 0 spiro atoms. The zero-order valence-corrected chi connectivity index (χ0v) is 10.1. The number of rotatable bonds is 2. The summed E-state index contributed by atoms with van der Waals surface area (Å²) in [5.41, 5.74) is 5.04. The quantitative estimate of drug-likeness (QED) is 0.477. The molecule has 0 aliphatic rings. The molecule has 0 radical (unpaired) electrons. The normalized spacial score (nSPS) is 8.76. The van der Waals surface area contributed by atoms with E-state index in [1.165, 1.54) is 22.3 Å². The van der Waals surface area contributed by atoms with Gasteiger partial charge in [0.2, 0.25) is 0 Å². The fourth-order valence-corrected chi connectivity index (χ4v) is 2.14. The van der Waals surface area contributed by atoms with E-state index in [1.54, 1.807) is 0 Å². The third kappa shape index (κ3) is 4.32. The highest BCUT2D eigenvalue weighted by Crippen LogP contribution is 2.25. The Morgan fingerprint density at radius 1 is 0.333 bits per heavy atom. The van der Waals surface area contributed by atoms with Gasteiger partial charge in [-0.05, 0) is 28.3 Å². The lowest BCUT2D eigenvalue weighted by Gasteiger charge is -2.05. The largest absolute Gasteiger partial charge is 0.0776 e. The van der Waals surface area contributed by atoms with Gasteiger partial charge in [-0.2, -0.15) is 0 Å². The maximum absolute atomic E-state index is 2.24. The molecular formula is C21H26. The first-order valence-corrected chi connectivity index (χ1v) is 6.14. The molecule has 0 nitrogen and oxygen atoms in total. The molecule has 0 N–H and O–H groups in total. The third-order valence-electron chi connectivity index (χ3n) is 3.08. The van der Waals surface area contributed by atoms with Gasteiger partial charge in [0.05, 0.1) is 0 Å². The Hall–Kier alpha value is -2.34. The molecule has 3 aromatic rings. The van der Waals surface area contributed by atoms with Crippen LogP contribution in [0.4, 0.5) is 0 Å². The van der Waals surface area contributed by atoms with Crippen molar-refractivity contribution >= 4 is 0 Å². The second-order valence-corrected chi connectivity index (χ2v) is 4.31. The van der Waals surface area contributed by atoms with Gasteiger partial charge in [-0.15, -0.1) is 0 Å². The fraction of sp³-hybridized carbons (Fsp3) is 0.143. The Morgan fingerprint density at radius 3 is 1.05 bits per heavy atom. The lowest BCUT2D eigenvalue weighted by molar-refractivity contribution is 1.59. The molecule has 110 valence electrons. The SMILES string of the molecule is C.C.C.c1ccc(-c2cccc(-c3ccccc3)c2)cc1. The van der Waals surface area contributed by atoms with Gasteiger partial charge in [-0.1, -0.05) is 101 Å². The van der Waals surface area contributed by atoms with Crippen LogP contribution in [-0.2, 0) is 0 Å². The van der Waals surface area contributed by atoms with E-state index in [0.717, 1.165) is 0 Å². The van der Waals surface area contributed by atoms with Crippen LogP contribution in [0.3, 0.4) is 0 Å². The van der Waals surface area contributed by atoms with Crippen molar-refractivity contribution in [2.24, 2.45) is 0 Å². The Labute approximate surface area is 130 Å². The standard InChI is InChI=1S/C18H14.3CH4/c1-3-8-15(9-4-1)17-12-7-13-18(14-17)16-10-5-2-6-11-16;;;/h1-14H;3*1H4. The minimum Gasteiger partial charge on any atom is -0.0776 e. The predicted molar refractivity (Wildman–Crippen MR) is 97.5 cm³/mol. The Balaban J connectivity index is 0.00000133. The topological polar surface area (TPSA) is 0 Å². The summed E-state index contributed by atoms with van der Waals surface area (Å²) in [5.74, 6) is 0. The van der Waals surface area contributed by atoms with E-state index in [2.05, 4.69) is 72.8 Å². The minimum atomic E-state index is 0. The smallest absolute Gasteiger partial charge is 0.0178 e. The van der Waals surface area contributed by atoms with Crippen molar-refractivity contribution in [2.75, 3.05) is 0 Å². The summed E-state index contributed by atoms with van der Waals surface area (Å²) in [6.07, 6.45) is 0. The Morgan fingerprint density at radius 2 is 0.667 bits per heavy atom. The second-order valence-electron chi connectivity index (χ2n) is 4.31. The molecule has 3 aromatic carbocycles. The summed E-state index contributed by atoms with van der Waals surface area (Å²) in [4.78, 5) is 0. The van der Waals surface area contributed by atoms with Crippen molar-refractivity contribution in [2.45, 2.75) is 22.3 Å². The van der Waals surface area contributed by atoms with E-state index in [9.17, 15) is 0 Å². The summed E-state index contributed by atoms with van der Waals surface area (Å²) >= 11 is 0. The molecule has 0 unspecified atom stereocenters. The van der Waals surface area contributed by atoms with Gasteiger partial charge in [0.25, 0.3) is 0 Å². The highest BCUT2D eigenvalue weighted by Gasteiger charge is 2.00. The summed E-state index contributed by atoms with van der Waals surface area (Å²) in [6.45, 7) is 0. The van der Waals surface area contributed by atoms with E-state index < -0.39 is 0 Å². The van der Waals surface area contributed by atoms with Crippen molar-refractivity contribution in [1.29, 1.82) is 0 Å². The zero-order chi connectivity index (χ0) is 12.2. The molecule has 0 heterocycles. The van der Waals surface area contributed by atoms with Crippen LogP contribution >= 0.6 is 0 Å². The first-order valence-electron chi connectivity index (χ1n) is 6.14. The number of benzene rings is 3. The van der Waals surface area contributed by atoms with Crippen LogP contribution in [0.15, 0.2) is 84.9 Å². The monoisotopic (exact) mass is 278 g/mol. The molecule has 0 bridgehead atoms. The zero-order valence-electron chi connectivity index (χ0n) is 10.1. The maximum atomic E-state index is 2.24. The molecule has 0 fully saturated rings. The van der Waals surface area contributed by atoms with Gasteiger partial charge < -0.3 is 0 Å². The van der Waals surface area contributed by atoms with Crippen molar-refractivity contribution in [3.8, 4) is 22.3 Å². The van der Waals surface area contributed by atoms with E-state index in [4.69, 9.17) is 0 Å². The van der Waals surface area contributed by atoms with Crippen molar-refractivity contribution < 1.29 is 0 Å². The highest BCUT2D eigenvalue weighted by molar-refractivity contribution is 5.72. The van der Waals surface area contributed by atoms with Crippen LogP contribution in [0.25, 0.3) is 22.3 Å². The molecule has 0 saturated carbocycles. The summed E-state index contributed by atoms with van der Waals surface area (Å²) in [7, 11) is 0. The van der Waals surface area contributed by atoms with Crippen molar-refractivity contribution in [3.05, 3.63) is 84.9 Å². The summed E-state index contributed by atoms with van der Waals surface area (Å²) in [6, 6.07) is 29.6. The maximum Gasteiger partial charge on any atom is -0.0178 e. The van der Waals surface area contributed by atoms with E-state index in [1.807, 2.05) is 12.1 Å². The average molecular weight is 278 g/mol. The fourth-order valence-electron chi connectivity index (χ4n) is 2.14. The molecule has 0 atom stereocenters. The molecule has 21 heavy (non-hydrogen) atoms. The minimum absolute atomic E-state index is 0. The summed E-state index contributed by atoms with van der Waals surface area (Å²) in [5, 5.41) is 0. The van der Waals surface area contributed by atoms with Crippen LogP contribution in [0.1, 0.15) is 22.3 Å². The first-order chi connectivity index (χ1) is 8.93. The van der Waals surface area contributed by atoms with Crippen LogP contribution < -0.4 is 0 Å². The molecule has 0 heteroatoms. The van der Waals surface area contributed by atoms with Gasteiger partial charge in [-0.25, -0.2) is 0 Å². The third-order valence-corrected chi connectivity index (χ3v) is 3.08. The molecule has 0 saturated heterocycles. The second kappa shape index (κ2) is 8.76. The summed E-state index contributed by atoms with van der Waals surface area (Å²) < 4.78 is 0. The molecule has 3 rings (SSSR count). The van der Waals surface area contributed by atoms with E-state index in [0.29, 0.717) is 0 Å². The highest BCUT2D eigenvalue weighted by atomic mass is 14.0. The van der Waals surface area contributed by atoms with E-state index >= 15 is 0 Å². The van der Waals surface area contributed by atoms with Crippen LogP contribution in [0, 0.1) is 0 Å². The molecule has 0 aliphatic carbocycles.